The minimum Gasteiger partial charge on any atom is -0.490 e. The third-order valence-corrected chi connectivity index (χ3v) is 2.96. The predicted molar refractivity (Wildman–Crippen MR) is 81.0 cm³/mol. The molecule has 0 radical (unpaired) electrons. The highest BCUT2D eigenvalue weighted by Gasteiger charge is 2.09. The molecule has 0 unspecified atom stereocenters. The van der Waals surface area contributed by atoms with Gasteiger partial charge in [0.05, 0.1) is 0 Å². The Labute approximate surface area is 120 Å². The average Bonchev–Trinajstić information content (AvgIpc) is 2.38. The first-order valence-corrected chi connectivity index (χ1v) is 6.73. The van der Waals surface area contributed by atoms with E-state index >= 15 is 0 Å². The van der Waals surface area contributed by atoms with Crippen molar-refractivity contribution in [3.63, 3.8) is 0 Å². The molecular formula is C16H21N3O. The third kappa shape index (κ3) is 3.78. The van der Waals surface area contributed by atoms with Crippen LogP contribution >= 0.6 is 0 Å². The summed E-state index contributed by atoms with van der Waals surface area (Å²) in [5.41, 5.74) is 3.99. The van der Waals surface area contributed by atoms with E-state index in [0.717, 1.165) is 34.8 Å². The monoisotopic (exact) mass is 271 g/mol. The molecule has 0 fully saturated rings. The minimum absolute atomic E-state index is 0.648. The van der Waals surface area contributed by atoms with Gasteiger partial charge < -0.3 is 9.64 Å². The fourth-order valence-corrected chi connectivity index (χ4v) is 1.90. The highest BCUT2D eigenvalue weighted by atomic mass is 16.5. The lowest BCUT2D eigenvalue weighted by Gasteiger charge is -2.14. The number of likely N-dealkylation sites (N-methyl/N-ethyl adjacent to an activating group) is 1. The topological polar surface area (TPSA) is 38.3 Å². The van der Waals surface area contributed by atoms with E-state index in [1.165, 1.54) is 0 Å². The minimum atomic E-state index is 0.648. The van der Waals surface area contributed by atoms with Crippen LogP contribution in [-0.2, 0) is 0 Å². The van der Waals surface area contributed by atoms with E-state index in [1.807, 2.05) is 52.3 Å². The maximum Gasteiger partial charge on any atom is 0.145 e. The summed E-state index contributed by atoms with van der Waals surface area (Å²) in [4.78, 5) is 10.8. The second kappa shape index (κ2) is 6.48. The van der Waals surface area contributed by atoms with Gasteiger partial charge in [-0.3, -0.25) is 9.97 Å². The van der Waals surface area contributed by atoms with E-state index in [2.05, 4.69) is 14.9 Å². The Balaban J connectivity index is 2.28. The van der Waals surface area contributed by atoms with Crippen molar-refractivity contribution in [1.29, 1.82) is 0 Å². The SMILES string of the molecule is Cc1cnc(-c2ccnc(C)c2)c(OCCN(C)C)c1. The van der Waals surface area contributed by atoms with Crippen LogP contribution in [0.25, 0.3) is 11.3 Å². The first kappa shape index (κ1) is 14.5. The van der Waals surface area contributed by atoms with E-state index in [1.54, 1.807) is 6.20 Å². The van der Waals surface area contributed by atoms with Gasteiger partial charge in [-0.1, -0.05) is 0 Å². The van der Waals surface area contributed by atoms with Crippen LogP contribution in [0.3, 0.4) is 0 Å². The smallest absolute Gasteiger partial charge is 0.145 e. The predicted octanol–water partition coefficient (Wildman–Crippen LogP) is 2.70. The van der Waals surface area contributed by atoms with Crippen LogP contribution in [0.5, 0.6) is 5.75 Å². The van der Waals surface area contributed by atoms with Crippen molar-refractivity contribution in [2.75, 3.05) is 27.2 Å². The Morgan fingerprint density at radius 3 is 2.65 bits per heavy atom. The van der Waals surface area contributed by atoms with Crippen molar-refractivity contribution in [3.8, 4) is 17.0 Å². The third-order valence-electron chi connectivity index (χ3n) is 2.96. The van der Waals surface area contributed by atoms with Gasteiger partial charge >= 0.3 is 0 Å². The number of aromatic nitrogens is 2. The van der Waals surface area contributed by atoms with Crippen LogP contribution < -0.4 is 4.74 Å². The van der Waals surface area contributed by atoms with E-state index in [0.29, 0.717) is 6.61 Å². The van der Waals surface area contributed by atoms with Crippen molar-refractivity contribution in [1.82, 2.24) is 14.9 Å². The van der Waals surface area contributed by atoms with E-state index < -0.39 is 0 Å². The zero-order chi connectivity index (χ0) is 14.5. The van der Waals surface area contributed by atoms with Gasteiger partial charge in [0, 0.05) is 30.2 Å². The largest absolute Gasteiger partial charge is 0.490 e. The number of rotatable bonds is 5. The van der Waals surface area contributed by atoms with Gasteiger partial charge in [-0.25, -0.2) is 0 Å². The molecule has 0 bridgehead atoms. The highest BCUT2D eigenvalue weighted by molar-refractivity contribution is 5.66. The van der Waals surface area contributed by atoms with E-state index in [9.17, 15) is 0 Å². The summed E-state index contributed by atoms with van der Waals surface area (Å²) in [5, 5.41) is 0. The molecule has 106 valence electrons. The van der Waals surface area contributed by atoms with Gasteiger partial charge in [0.2, 0.25) is 0 Å². The lowest BCUT2D eigenvalue weighted by molar-refractivity contribution is 0.261. The van der Waals surface area contributed by atoms with Crippen molar-refractivity contribution in [3.05, 3.63) is 41.9 Å². The van der Waals surface area contributed by atoms with Gasteiger partial charge in [0.15, 0.2) is 0 Å². The summed E-state index contributed by atoms with van der Waals surface area (Å²) in [6.45, 7) is 5.52. The Morgan fingerprint density at radius 2 is 1.95 bits per heavy atom. The zero-order valence-electron chi connectivity index (χ0n) is 12.6. The molecule has 2 aromatic heterocycles. The Bertz CT molecular complexity index is 582. The molecule has 0 saturated carbocycles. The molecule has 0 aliphatic rings. The molecule has 0 atom stereocenters. The number of aryl methyl sites for hydroxylation is 2. The molecule has 2 rings (SSSR count). The second-order valence-electron chi connectivity index (χ2n) is 5.20. The lowest BCUT2D eigenvalue weighted by Crippen LogP contribution is -2.19. The van der Waals surface area contributed by atoms with E-state index in [4.69, 9.17) is 4.74 Å². The number of nitrogens with zero attached hydrogens (tertiary/aromatic N) is 3. The van der Waals surface area contributed by atoms with Crippen molar-refractivity contribution in [2.45, 2.75) is 13.8 Å². The van der Waals surface area contributed by atoms with Crippen molar-refractivity contribution >= 4 is 0 Å². The summed E-state index contributed by atoms with van der Waals surface area (Å²) in [5.74, 6) is 0.831. The highest BCUT2D eigenvalue weighted by Crippen LogP contribution is 2.28. The molecule has 0 saturated heterocycles. The molecule has 4 nitrogen and oxygen atoms in total. The number of hydrogen-bond donors (Lipinski definition) is 0. The van der Waals surface area contributed by atoms with Crippen molar-refractivity contribution < 1.29 is 4.74 Å². The van der Waals surface area contributed by atoms with Crippen LogP contribution in [0.15, 0.2) is 30.6 Å². The quantitative estimate of drug-likeness (QED) is 0.838. The number of pyridine rings is 2. The molecule has 0 aromatic carbocycles. The van der Waals surface area contributed by atoms with Gasteiger partial charge in [0.1, 0.15) is 18.1 Å². The molecule has 2 aromatic rings. The normalized spacial score (nSPS) is 10.8. The van der Waals surface area contributed by atoms with Gasteiger partial charge in [-0.05, 0) is 51.7 Å². The first-order valence-electron chi connectivity index (χ1n) is 6.73. The van der Waals surface area contributed by atoms with Gasteiger partial charge in [-0.2, -0.15) is 0 Å². The average molecular weight is 271 g/mol. The van der Waals surface area contributed by atoms with E-state index in [-0.39, 0.29) is 0 Å². The van der Waals surface area contributed by atoms with Crippen LogP contribution in [0.4, 0.5) is 0 Å². The zero-order valence-corrected chi connectivity index (χ0v) is 12.6. The molecule has 0 aliphatic heterocycles. The van der Waals surface area contributed by atoms with Crippen LogP contribution in [0, 0.1) is 13.8 Å². The maximum atomic E-state index is 5.90. The fraction of sp³-hybridized carbons (Fsp3) is 0.375. The Morgan fingerprint density at radius 1 is 1.15 bits per heavy atom. The second-order valence-corrected chi connectivity index (χ2v) is 5.20. The molecule has 0 spiro atoms. The summed E-state index contributed by atoms with van der Waals surface area (Å²) >= 11 is 0. The Kier molecular flexibility index (Phi) is 4.69. The van der Waals surface area contributed by atoms with Crippen LogP contribution in [-0.4, -0.2) is 42.1 Å². The summed E-state index contributed by atoms with van der Waals surface area (Å²) < 4.78 is 5.90. The fourth-order valence-electron chi connectivity index (χ4n) is 1.90. The van der Waals surface area contributed by atoms with Gasteiger partial charge in [0.25, 0.3) is 0 Å². The number of ether oxygens (including phenoxy) is 1. The van der Waals surface area contributed by atoms with Gasteiger partial charge in [-0.15, -0.1) is 0 Å². The standard InChI is InChI=1S/C16H21N3O/c1-12-9-15(20-8-7-19(3)4)16(18-11-12)14-5-6-17-13(2)10-14/h5-6,9-11H,7-8H2,1-4H3. The van der Waals surface area contributed by atoms with Crippen molar-refractivity contribution in [2.24, 2.45) is 0 Å². The summed E-state index contributed by atoms with van der Waals surface area (Å²) in [6, 6.07) is 6.02. The maximum absolute atomic E-state index is 5.90. The molecule has 0 amide bonds. The number of hydrogen-bond acceptors (Lipinski definition) is 4. The molecule has 0 aliphatic carbocycles. The molecule has 2 heterocycles. The van der Waals surface area contributed by atoms with Crippen LogP contribution in [0.2, 0.25) is 0 Å². The molecular weight excluding hydrogens is 250 g/mol. The lowest BCUT2D eigenvalue weighted by atomic mass is 10.1. The molecule has 0 N–H and O–H groups in total. The molecule has 4 heteroatoms. The summed E-state index contributed by atoms with van der Waals surface area (Å²) in [6.07, 6.45) is 3.67. The summed E-state index contributed by atoms with van der Waals surface area (Å²) in [7, 11) is 4.07. The first-order chi connectivity index (χ1) is 9.56. The Hall–Kier alpha value is -1.94. The van der Waals surface area contributed by atoms with Crippen LogP contribution in [0.1, 0.15) is 11.3 Å². The molecule has 20 heavy (non-hydrogen) atoms.